The molecular weight excluding hydrogens is 271 g/mol. The van der Waals surface area contributed by atoms with Gasteiger partial charge in [-0.1, -0.05) is 6.07 Å². The Balaban J connectivity index is 1.73. The summed E-state index contributed by atoms with van der Waals surface area (Å²) in [6, 6.07) is 4.89. The maximum atomic E-state index is 13.7. The Hall–Kier alpha value is -1.66. The van der Waals surface area contributed by atoms with Crippen LogP contribution in [-0.2, 0) is 0 Å². The van der Waals surface area contributed by atoms with Crippen LogP contribution in [0.25, 0.3) is 0 Å². The fourth-order valence-corrected chi connectivity index (χ4v) is 3.35. The molecule has 0 bridgehead atoms. The summed E-state index contributed by atoms with van der Waals surface area (Å²) in [5, 5.41) is 0. The van der Waals surface area contributed by atoms with Crippen molar-refractivity contribution in [1.29, 1.82) is 0 Å². The summed E-state index contributed by atoms with van der Waals surface area (Å²) in [5.74, 6) is 4.70. The quantitative estimate of drug-likeness (QED) is 0.653. The molecule has 0 radical (unpaired) electrons. The minimum absolute atomic E-state index is 0.0760. The van der Waals surface area contributed by atoms with Gasteiger partial charge in [0.05, 0.1) is 11.3 Å². The van der Waals surface area contributed by atoms with Gasteiger partial charge in [-0.25, -0.2) is 4.39 Å². The van der Waals surface area contributed by atoms with E-state index in [0.717, 1.165) is 32.6 Å². The van der Waals surface area contributed by atoms with Gasteiger partial charge in [0.25, 0.3) is 5.91 Å². The molecule has 2 saturated heterocycles. The van der Waals surface area contributed by atoms with Crippen LogP contribution < -0.4 is 11.3 Å². The Bertz CT molecular complexity index is 530. The zero-order valence-corrected chi connectivity index (χ0v) is 12.0. The fraction of sp³-hybridized carbons (Fsp3) is 0.533. The van der Waals surface area contributed by atoms with E-state index in [2.05, 4.69) is 10.3 Å². The zero-order valence-electron chi connectivity index (χ0n) is 12.0. The smallest absolute Gasteiger partial charge is 0.256 e. The highest BCUT2D eigenvalue weighted by Gasteiger charge is 2.32. The molecular formula is C15H21FN4O. The Labute approximate surface area is 123 Å². The number of likely N-dealkylation sites (tertiary alicyclic amines) is 2. The number of hydrogen-bond acceptors (Lipinski definition) is 4. The predicted octanol–water partition coefficient (Wildman–Crippen LogP) is 1.42. The molecule has 1 aromatic rings. The Morgan fingerprint density at radius 3 is 2.76 bits per heavy atom. The molecule has 0 aromatic heterocycles. The number of anilines is 1. The van der Waals surface area contributed by atoms with Crippen molar-refractivity contribution in [3.05, 3.63) is 29.6 Å². The number of carbonyl (C=O) groups is 1. The van der Waals surface area contributed by atoms with Crippen LogP contribution in [0.1, 0.15) is 29.6 Å². The molecule has 2 aliphatic rings. The Kier molecular flexibility index (Phi) is 4.07. The third kappa shape index (κ3) is 2.73. The third-order valence-corrected chi connectivity index (χ3v) is 4.50. The van der Waals surface area contributed by atoms with E-state index in [0.29, 0.717) is 11.6 Å². The van der Waals surface area contributed by atoms with E-state index in [4.69, 9.17) is 5.84 Å². The molecule has 1 aromatic carbocycles. The summed E-state index contributed by atoms with van der Waals surface area (Å²) < 4.78 is 13.7. The van der Waals surface area contributed by atoms with E-state index in [9.17, 15) is 9.18 Å². The Morgan fingerprint density at radius 1 is 1.29 bits per heavy atom. The van der Waals surface area contributed by atoms with Gasteiger partial charge in [0.2, 0.25) is 0 Å². The predicted molar refractivity (Wildman–Crippen MR) is 79.3 cm³/mol. The molecule has 1 unspecified atom stereocenters. The number of amides is 1. The first kappa shape index (κ1) is 14.3. The number of rotatable bonds is 3. The van der Waals surface area contributed by atoms with Crippen molar-refractivity contribution in [3.8, 4) is 0 Å². The molecule has 2 heterocycles. The number of para-hydroxylation sites is 1. The summed E-state index contributed by atoms with van der Waals surface area (Å²) in [6.45, 7) is 3.70. The third-order valence-electron chi connectivity index (χ3n) is 4.50. The van der Waals surface area contributed by atoms with Gasteiger partial charge in [0, 0.05) is 19.1 Å². The number of hydrogen-bond donors (Lipinski definition) is 2. The molecule has 1 atom stereocenters. The van der Waals surface area contributed by atoms with Crippen molar-refractivity contribution >= 4 is 11.6 Å². The maximum Gasteiger partial charge on any atom is 0.256 e. The topological polar surface area (TPSA) is 61.6 Å². The van der Waals surface area contributed by atoms with Crippen LogP contribution in [0.5, 0.6) is 0 Å². The minimum atomic E-state index is -0.501. The van der Waals surface area contributed by atoms with E-state index in [-0.39, 0.29) is 11.6 Å². The van der Waals surface area contributed by atoms with Crippen LogP contribution in [0.15, 0.2) is 18.2 Å². The van der Waals surface area contributed by atoms with Gasteiger partial charge in [-0.2, -0.15) is 0 Å². The van der Waals surface area contributed by atoms with Crippen molar-refractivity contribution in [2.24, 2.45) is 5.84 Å². The highest BCUT2D eigenvalue weighted by molar-refractivity contribution is 5.99. The van der Waals surface area contributed by atoms with Crippen LogP contribution in [0, 0.1) is 5.82 Å². The number of hydrazine groups is 1. The summed E-state index contributed by atoms with van der Waals surface area (Å²) >= 11 is 0. The van der Waals surface area contributed by atoms with Gasteiger partial charge in [-0.15, -0.1) is 0 Å². The monoisotopic (exact) mass is 292 g/mol. The average Bonchev–Trinajstić information content (AvgIpc) is 3.16. The number of benzene rings is 1. The number of halogens is 1. The van der Waals surface area contributed by atoms with Crippen LogP contribution in [-0.4, -0.2) is 47.9 Å². The van der Waals surface area contributed by atoms with Crippen molar-refractivity contribution in [3.63, 3.8) is 0 Å². The highest BCUT2D eigenvalue weighted by atomic mass is 19.1. The van der Waals surface area contributed by atoms with Crippen molar-refractivity contribution in [2.75, 3.05) is 31.6 Å². The maximum absolute atomic E-state index is 13.7. The second kappa shape index (κ2) is 5.99. The number of nitrogens with two attached hydrogens (primary N) is 1. The van der Waals surface area contributed by atoms with Crippen LogP contribution in [0.4, 0.5) is 10.1 Å². The Morgan fingerprint density at radius 2 is 2.05 bits per heavy atom. The number of nitrogens with one attached hydrogen (secondary N) is 1. The van der Waals surface area contributed by atoms with E-state index in [1.165, 1.54) is 25.0 Å². The summed E-state index contributed by atoms with van der Waals surface area (Å²) in [6.07, 6.45) is 3.48. The van der Waals surface area contributed by atoms with Crippen LogP contribution in [0.2, 0.25) is 0 Å². The summed E-state index contributed by atoms with van der Waals surface area (Å²) in [4.78, 5) is 16.8. The van der Waals surface area contributed by atoms with Gasteiger partial charge in [0.1, 0.15) is 5.82 Å². The first-order valence-electron chi connectivity index (χ1n) is 7.49. The summed E-state index contributed by atoms with van der Waals surface area (Å²) in [7, 11) is 0. The molecule has 5 nitrogen and oxygen atoms in total. The van der Waals surface area contributed by atoms with E-state index in [1.54, 1.807) is 11.0 Å². The lowest BCUT2D eigenvalue weighted by Gasteiger charge is -2.24. The normalized spacial score (nSPS) is 22.8. The SMILES string of the molecule is NNc1c(F)cccc1C(=O)N1CCC(N2CCCC2)C1. The molecule has 6 heteroatoms. The van der Waals surface area contributed by atoms with Gasteiger partial charge in [-0.3, -0.25) is 15.5 Å². The number of nitrogen functional groups attached to an aromatic ring is 1. The average molecular weight is 292 g/mol. The largest absolute Gasteiger partial charge is 0.337 e. The lowest BCUT2D eigenvalue weighted by molar-refractivity contribution is 0.0780. The number of carbonyl (C=O) groups excluding carboxylic acids is 1. The molecule has 2 aliphatic heterocycles. The van der Waals surface area contributed by atoms with Crippen molar-refractivity contribution in [2.45, 2.75) is 25.3 Å². The van der Waals surface area contributed by atoms with Gasteiger partial charge >= 0.3 is 0 Å². The molecule has 21 heavy (non-hydrogen) atoms. The first-order chi connectivity index (χ1) is 10.2. The van der Waals surface area contributed by atoms with Gasteiger partial charge < -0.3 is 10.3 Å². The van der Waals surface area contributed by atoms with E-state index < -0.39 is 5.82 Å². The zero-order chi connectivity index (χ0) is 14.8. The fourth-order valence-electron chi connectivity index (χ4n) is 3.35. The molecule has 0 spiro atoms. The van der Waals surface area contributed by atoms with Gasteiger partial charge in [0.15, 0.2) is 0 Å². The molecule has 0 saturated carbocycles. The van der Waals surface area contributed by atoms with Crippen LogP contribution >= 0.6 is 0 Å². The lowest BCUT2D eigenvalue weighted by Crippen LogP contribution is -2.37. The second-order valence-corrected chi connectivity index (χ2v) is 5.74. The molecule has 114 valence electrons. The molecule has 3 N–H and O–H groups in total. The lowest BCUT2D eigenvalue weighted by atomic mass is 10.1. The standard InChI is InChI=1S/C15H21FN4O/c16-13-5-3-4-12(14(13)18-17)15(21)20-9-6-11(10-20)19-7-1-2-8-19/h3-5,11,18H,1-2,6-10,17H2. The first-order valence-corrected chi connectivity index (χ1v) is 7.49. The second-order valence-electron chi connectivity index (χ2n) is 5.74. The van der Waals surface area contributed by atoms with E-state index in [1.807, 2.05) is 0 Å². The van der Waals surface area contributed by atoms with Crippen LogP contribution in [0.3, 0.4) is 0 Å². The highest BCUT2D eigenvalue weighted by Crippen LogP contribution is 2.25. The molecule has 0 aliphatic carbocycles. The molecule has 3 rings (SSSR count). The minimum Gasteiger partial charge on any atom is -0.337 e. The van der Waals surface area contributed by atoms with Crippen molar-refractivity contribution < 1.29 is 9.18 Å². The van der Waals surface area contributed by atoms with Crippen molar-refractivity contribution in [1.82, 2.24) is 9.80 Å². The molecule has 1 amide bonds. The summed E-state index contributed by atoms with van der Waals surface area (Å²) in [5.41, 5.74) is 2.68. The number of nitrogens with zero attached hydrogens (tertiary/aromatic N) is 2. The molecule has 2 fully saturated rings. The van der Waals surface area contributed by atoms with E-state index >= 15 is 0 Å². The van der Waals surface area contributed by atoms with Gasteiger partial charge in [-0.05, 0) is 44.5 Å².